The normalized spacial score (nSPS) is 9.71. The summed E-state index contributed by atoms with van der Waals surface area (Å²) >= 11 is 0. The summed E-state index contributed by atoms with van der Waals surface area (Å²) in [4.78, 5) is 20.3. The summed E-state index contributed by atoms with van der Waals surface area (Å²) in [7, 11) is 0. The Kier molecular flexibility index (Phi) is 7.91. The Morgan fingerprint density at radius 2 is 1.52 bits per heavy atom. The van der Waals surface area contributed by atoms with Crippen molar-refractivity contribution in [2.45, 2.75) is 12.8 Å². The van der Waals surface area contributed by atoms with Crippen molar-refractivity contribution in [2.75, 3.05) is 0 Å². The molecule has 0 aromatic heterocycles. The second-order valence-electron chi connectivity index (χ2n) is 4.36. The molecule has 0 radical (unpaired) electrons. The molecule has 0 saturated heterocycles. The van der Waals surface area contributed by atoms with Gasteiger partial charge in [0.25, 0.3) is 0 Å². The number of hydrogen-bond donors (Lipinski definition) is 1. The Bertz CT molecular complexity index is 562. The third kappa shape index (κ3) is 8.16. The van der Waals surface area contributed by atoms with Crippen LogP contribution in [0.1, 0.15) is 17.5 Å². The summed E-state index contributed by atoms with van der Waals surface area (Å²) in [5, 5.41) is 0. The number of carbonyl (C=O) groups is 2. The van der Waals surface area contributed by atoms with Gasteiger partial charge in [0.1, 0.15) is 6.29 Å². The van der Waals surface area contributed by atoms with Gasteiger partial charge >= 0.3 is 0 Å². The van der Waals surface area contributed by atoms with Crippen LogP contribution >= 0.6 is 0 Å². The van der Waals surface area contributed by atoms with E-state index in [1.807, 2.05) is 60.7 Å². The first-order valence-electron chi connectivity index (χ1n) is 6.71. The van der Waals surface area contributed by atoms with E-state index in [-0.39, 0.29) is 5.91 Å². The fraction of sp³-hybridized carbons (Fsp3) is 0.111. The predicted molar refractivity (Wildman–Crippen MR) is 85.5 cm³/mol. The Balaban J connectivity index is 0.000000211. The fourth-order valence-corrected chi connectivity index (χ4v) is 1.63. The van der Waals surface area contributed by atoms with Gasteiger partial charge in [-0.3, -0.25) is 9.59 Å². The SMILES string of the molecule is NC(=O)CCc1ccccc1.O=CC=Cc1ccccc1. The van der Waals surface area contributed by atoms with Crippen molar-refractivity contribution in [3.8, 4) is 0 Å². The molecule has 1 amide bonds. The zero-order valence-corrected chi connectivity index (χ0v) is 11.8. The first kappa shape index (κ1) is 16.4. The minimum Gasteiger partial charge on any atom is -0.370 e. The minimum absolute atomic E-state index is 0.242. The zero-order valence-electron chi connectivity index (χ0n) is 11.8. The van der Waals surface area contributed by atoms with Crippen molar-refractivity contribution in [1.82, 2.24) is 0 Å². The molecule has 0 heterocycles. The number of benzene rings is 2. The molecule has 3 heteroatoms. The van der Waals surface area contributed by atoms with Crippen molar-refractivity contribution in [2.24, 2.45) is 5.73 Å². The number of hydrogen-bond acceptors (Lipinski definition) is 2. The van der Waals surface area contributed by atoms with Gasteiger partial charge in [-0.25, -0.2) is 0 Å². The smallest absolute Gasteiger partial charge is 0.217 e. The molecule has 3 nitrogen and oxygen atoms in total. The number of aldehydes is 1. The van der Waals surface area contributed by atoms with E-state index in [9.17, 15) is 9.59 Å². The number of amides is 1. The van der Waals surface area contributed by atoms with E-state index in [0.29, 0.717) is 6.42 Å². The summed E-state index contributed by atoms with van der Waals surface area (Å²) in [6.45, 7) is 0. The first-order valence-corrected chi connectivity index (χ1v) is 6.71. The van der Waals surface area contributed by atoms with Gasteiger partial charge < -0.3 is 5.73 Å². The van der Waals surface area contributed by atoms with E-state index in [1.54, 1.807) is 6.08 Å². The molecule has 0 aliphatic heterocycles. The predicted octanol–water partition coefficient (Wildman–Crippen LogP) is 3.00. The van der Waals surface area contributed by atoms with Crippen LogP contribution in [0.25, 0.3) is 6.08 Å². The van der Waals surface area contributed by atoms with E-state index < -0.39 is 0 Å². The summed E-state index contributed by atoms with van der Waals surface area (Å²) in [6.07, 6.45) is 5.20. The molecule has 0 bridgehead atoms. The number of allylic oxidation sites excluding steroid dienone is 1. The molecule has 0 saturated carbocycles. The third-order valence-corrected chi connectivity index (χ3v) is 2.67. The van der Waals surface area contributed by atoms with Crippen molar-refractivity contribution >= 4 is 18.3 Å². The highest BCUT2D eigenvalue weighted by Gasteiger charge is 1.94. The zero-order chi connectivity index (χ0) is 15.3. The lowest BCUT2D eigenvalue weighted by Gasteiger charge is -1.96. The third-order valence-electron chi connectivity index (χ3n) is 2.67. The van der Waals surface area contributed by atoms with E-state index in [1.165, 1.54) is 6.08 Å². The van der Waals surface area contributed by atoms with Gasteiger partial charge in [-0.15, -0.1) is 0 Å². The lowest BCUT2D eigenvalue weighted by atomic mass is 10.1. The molecule has 0 aliphatic carbocycles. The fourth-order valence-electron chi connectivity index (χ4n) is 1.63. The number of nitrogens with two attached hydrogens (primary N) is 1. The minimum atomic E-state index is -0.242. The van der Waals surface area contributed by atoms with E-state index in [2.05, 4.69) is 0 Å². The van der Waals surface area contributed by atoms with Gasteiger partial charge in [-0.1, -0.05) is 66.7 Å². The van der Waals surface area contributed by atoms with E-state index in [0.717, 1.165) is 23.8 Å². The van der Waals surface area contributed by atoms with Crippen molar-refractivity contribution < 1.29 is 9.59 Å². The Labute approximate surface area is 125 Å². The number of carbonyl (C=O) groups excluding carboxylic acids is 2. The monoisotopic (exact) mass is 281 g/mol. The maximum atomic E-state index is 10.4. The molecular formula is C18H19NO2. The van der Waals surface area contributed by atoms with Crippen LogP contribution in [-0.4, -0.2) is 12.2 Å². The average molecular weight is 281 g/mol. The van der Waals surface area contributed by atoms with Crippen LogP contribution in [0.4, 0.5) is 0 Å². The number of primary amides is 1. The van der Waals surface area contributed by atoms with Crippen molar-refractivity contribution in [1.29, 1.82) is 0 Å². The standard InChI is InChI=1S/C9H11NO.C9H8O/c10-9(11)7-6-8-4-2-1-3-5-8;10-8-4-7-9-5-2-1-3-6-9/h1-5H,6-7H2,(H2,10,11);1-8H. The topological polar surface area (TPSA) is 60.2 Å². The van der Waals surface area contributed by atoms with Gasteiger partial charge in [0.15, 0.2) is 0 Å². The maximum Gasteiger partial charge on any atom is 0.217 e. The van der Waals surface area contributed by atoms with E-state index >= 15 is 0 Å². The molecule has 108 valence electrons. The van der Waals surface area contributed by atoms with Crippen molar-refractivity contribution in [3.63, 3.8) is 0 Å². The molecule has 2 rings (SSSR count). The molecule has 2 aromatic rings. The second-order valence-corrected chi connectivity index (χ2v) is 4.36. The molecule has 2 N–H and O–H groups in total. The summed E-state index contributed by atoms with van der Waals surface area (Å²) in [6, 6.07) is 19.5. The highest BCUT2D eigenvalue weighted by atomic mass is 16.1. The van der Waals surface area contributed by atoms with Crippen LogP contribution < -0.4 is 5.73 Å². The van der Waals surface area contributed by atoms with Gasteiger partial charge in [-0.2, -0.15) is 0 Å². The molecule has 0 spiro atoms. The van der Waals surface area contributed by atoms with Crippen LogP contribution in [0.15, 0.2) is 66.7 Å². The van der Waals surface area contributed by atoms with Crippen LogP contribution in [0, 0.1) is 0 Å². The summed E-state index contributed by atoms with van der Waals surface area (Å²) in [5.41, 5.74) is 7.21. The van der Waals surface area contributed by atoms with Gasteiger partial charge in [0.2, 0.25) is 5.91 Å². The van der Waals surface area contributed by atoms with Crippen LogP contribution in [0.5, 0.6) is 0 Å². The number of aryl methyl sites for hydroxylation is 1. The van der Waals surface area contributed by atoms with Gasteiger partial charge in [0, 0.05) is 6.42 Å². The highest BCUT2D eigenvalue weighted by molar-refractivity contribution is 5.74. The van der Waals surface area contributed by atoms with Gasteiger partial charge in [-0.05, 0) is 23.6 Å². The summed E-state index contributed by atoms with van der Waals surface area (Å²) < 4.78 is 0. The molecule has 0 fully saturated rings. The average Bonchev–Trinajstić information content (AvgIpc) is 2.53. The molecular weight excluding hydrogens is 262 g/mol. The lowest BCUT2D eigenvalue weighted by molar-refractivity contribution is -0.118. The van der Waals surface area contributed by atoms with Crippen LogP contribution in [0.3, 0.4) is 0 Å². The maximum absolute atomic E-state index is 10.4. The molecule has 0 unspecified atom stereocenters. The molecule has 2 aromatic carbocycles. The second kappa shape index (κ2) is 10.1. The van der Waals surface area contributed by atoms with Gasteiger partial charge in [0.05, 0.1) is 0 Å². The first-order chi connectivity index (χ1) is 10.2. The summed E-state index contributed by atoms with van der Waals surface area (Å²) in [5.74, 6) is -0.242. The molecule has 21 heavy (non-hydrogen) atoms. The Hall–Kier alpha value is -2.68. The van der Waals surface area contributed by atoms with Crippen molar-refractivity contribution in [3.05, 3.63) is 77.9 Å². The highest BCUT2D eigenvalue weighted by Crippen LogP contribution is 2.01. The van der Waals surface area contributed by atoms with Crippen LogP contribution in [0.2, 0.25) is 0 Å². The quantitative estimate of drug-likeness (QED) is 0.676. The number of rotatable bonds is 5. The Morgan fingerprint density at radius 3 is 2.05 bits per heavy atom. The molecule has 0 aliphatic rings. The molecule has 0 atom stereocenters. The Morgan fingerprint density at radius 1 is 0.952 bits per heavy atom. The van der Waals surface area contributed by atoms with E-state index in [4.69, 9.17) is 5.73 Å². The lowest BCUT2D eigenvalue weighted by Crippen LogP contribution is -2.10. The largest absolute Gasteiger partial charge is 0.370 e. The van der Waals surface area contributed by atoms with Crippen LogP contribution in [-0.2, 0) is 16.0 Å².